The smallest absolute Gasteiger partial charge is 0.135 e. The fourth-order valence-corrected chi connectivity index (χ4v) is 2.06. The van der Waals surface area contributed by atoms with Crippen LogP contribution >= 0.6 is 0 Å². The van der Waals surface area contributed by atoms with Crippen LogP contribution in [0.3, 0.4) is 0 Å². The molecule has 0 N–H and O–H groups in total. The number of azide groups is 1. The number of rotatable bonds is 4. The van der Waals surface area contributed by atoms with Crippen LogP contribution in [-0.2, 0) is 4.79 Å². The molecule has 0 bridgehead atoms. The average Bonchev–Trinajstić information content (AvgIpc) is 2.18. The van der Waals surface area contributed by atoms with Crippen molar-refractivity contribution in [2.24, 2.45) is 17.0 Å². The van der Waals surface area contributed by atoms with Crippen LogP contribution in [-0.4, -0.2) is 12.3 Å². The molecule has 4 nitrogen and oxygen atoms in total. The molecule has 0 amide bonds. The van der Waals surface area contributed by atoms with E-state index in [1.165, 1.54) is 0 Å². The minimum Gasteiger partial charge on any atom is -0.299 e. The first kappa shape index (κ1) is 11.1. The Balaban J connectivity index is 2.27. The summed E-state index contributed by atoms with van der Waals surface area (Å²) < 4.78 is 0. The van der Waals surface area contributed by atoms with E-state index in [0.717, 1.165) is 32.1 Å². The van der Waals surface area contributed by atoms with Gasteiger partial charge in [-0.15, -0.1) is 0 Å². The molecular formula is C10H17N3O. The van der Waals surface area contributed by atoms with E-state index in [9.17, 15) is 4.79 Å². The van der Waals surface area contributed by atoms with E-state index >= 15 is 0 Å². The van der Waals surface area contributed by atoms with E-state index in [1.807, 2.05) is 0 Å². The largest absolute Gasteiger partial charge is 0.299 e. The lowest BCUT2D eigenvalue weighted by atomic mass is 9.79. The third kappa shape index (κ3) is 3.38. The van der Waals surface area contributed by atoms with Gasteiger partial charge in [0.15, 0.2) is 0 Å². The van der Waals surface area contributed by atoms with Crippen LogP contribution < -0.4 is 0 Å². The number of ketones is 1. The predicted octanol–water partition coefficient (Wildman–Crippen LogP) is 3.08. The molecule has 1 fully saturated rings. The van der Waals surface area contributed by atoms with Crippen molar-refractivity contribution in [1.82, 2.24) is 0 Å². The molecule has 1 aliphatic rings. The number of hydrogen-bond donors (Lipinski definition) is 0. The molecule has 1 saturated carbocycles. The molecule has 0 heterocycles. The SMILES string of the molecule is CC1CCC(=O)C(CCCN=[N+]=[N-])C1. The first-order valence-electron chi connectivity index (χ1n) is 5.27. The Bertz CT molecular complexity index is 246. The highest BCUT2D eigenvalue weighted by molar-refractivity contribution is 5.81. The summed E-state index contributed by atoms with van der Waals surface area (Å²) in [6.45, 7) is 2.72. The Hall–Kier alpha value is -1.02. The Labute approximate surface area is 84.3 Å². The first-order valence-corrected chi connectivity index (χ1v) is 5.27. The summed E-state index contributed by atoms with van der Waals surface area (Å²) in [5.41, 5.74) is 8.09. The fourth-order valence-electron chi connectivity index (χ4n) is 2.06. The second kappa shape index (κ2) is 5.66. The fraction of sp³-hybridized carbons (Fsp3) is 0.900. The lowest BCUT2D eigenvalue weighted by molar-refractivity contribution is -0.125. The summed E-state index contributed by atoms with van der Waals surface area (Å²) in [4.78, 5) is 14.2. The number of carbonyl (C=O) groups is 1. The highest BCUT2D eigenvalue weighted by Gasteiger charge is 2.25. The topological polar surface area (TPSA) is 65.8 Å². The average molecular weight is 195 g/mol. The van der Waals surface area contributed by atoms with Crippen LogP contribution in [0.15, 0.2) is 5.11 Å². The summed E-state index contributed by atoms with van der Waals surface area (Å²) in [6, 6.07) is 0. The van der Waals surface area contributed by atoms with Crippen molar-refractivity contribution in [3.05, 3.63) is 10.4 Å². The van der Waals surface area contributed by atoms with Crippen LogP contribution in [0.5, 0.6) is 0 Å². The third-order valence-electron chi connectivity index (χ3n) is 2.90. The molecule has 4 heteroatoms. The standard InChI is InChI=1S/C10H17N3O/c1-8-4-5-10(14)9(7-8)3-2-6-12-13-11/h8-9H,2-7H2,1H3. The monoisotopic (exact) mass is 195 g/mol. The van der Waals surface area contributed by atoms with Crippen LogP contribution in [0.2, 0.25) is 0 Å². The normalized spacial score (nSPS) is 27.1. The van der Waals surface area contributed by atoms with Gasteiger partial charge in [0.2, 0.25) is 0 Å². The zero-order valence-electron chi connectivity index (χ0n) is 8.65. The summed E-state index contributed by atoms with van der Waals surface area (Å²) >= 11 is 0. The molecule has 14 heavy (non-hydrogen) atoms. The molecule has 78 valence electrons. The molecule has 0 saturated heterocycles. The zero-order chi connectivity index (χ0) is 10.4. The van der Waals surface area contributed by atoms with Crippen LogP contribution in [0.1, 0.15) is 39.0 Å². The summed E-state index contributed by atoms with van der Waals surface area (Å²) in [7, 11) is 0. The van der Waals surface area contributed by atoms with E-state index in [0.29, 0.717) is 18.2 Å². The molecule has 0 aromatic carbocycles. The lowest BCUT2D eigenvalue weighted by Gasteiger charge is -2.25. The van der Waals surface area contributed by atoms with E-state index in [2.05, 4.69) is 16.9 Å². The van der Waals surface area contributed by atoms with E-state index in [-0.39, 0.29) is 5.92 Å². The van der Waals surface area contributed by atoms with Crippen LogP contribution in [0, 0.1) is 11.8 Å². The number of hydrogen-bond acceptors (Lipinski definition) is 2. The van der Waals surface area contributed by atoms with Crippen molar-refractivity contribution >= 4 is 5.78 Å². The molecular weight excluding hydrogens is 178 g/mol. The van der Waals surface area contributed by atoms with Crippen molar-refractivity contribution in [2.45, 2.75) is 39.0 Å². The molecule has 1 rings (SSSR count). The third-order valence-corrected chi connectivity index (χ3v) is 2.90. The van der Waals surface area contributed by atoms with E-state index in [4.69, 9.17) is 5.53 Å². The van der Waals surface area contributed by atoms with Gasteiger partial charge in [-0.3, -0.25) is 4.79 Å². The van der Waals surface area contributed by atoms with Gasteiger partial charge in [-0.2, -0.15) is 0 Å². The van der Waals surface area contributed by atoms with Crippen molar-refractivity contribution in [3.8, 4) is 0 Å². The molecule has 1 aliphatic carbocycles. The Morgan fingerprint density at radius 3 is 3.14 bits per heavy atom. The zero-order valence-corrected chi connectivity index (χ0v) is 8.65. The summed E-state index contributed by atoms with van der Waals surface area (Å²) in [5.74, 6) is 1.31. The minimum atomic E-state index is 0.229. The number of nitrogens with zero attached hydrogens (tertiary/aromatic N) is 3. The molecule has 2 atom stereocenters. The second-order valence-corrected chi connectivity index (χ2v) is 4.14. The van der Waals surface area contributed by atoms with Gasteiger partial charge in [-0.25, -0.2) is 0 Å². The maximum Gasteiger partial charge on any atom is 0.135 e. The maximum atomic E-state index is 11.5. The van der Waals surface area contributed by atoms with Gasteiger partial charge in [0.1, 0.15) is 5.78 Å². The minimum absolute atomic E-state index is 0.229. The van der Waals surface area contributed by atoms with Gasteiger partial charge in [0.25, 0.3) is 0 Å². The van der Waals surface area contributed by atoms with Gasteiger partial charge < -0.3 is 0 Å². The van der Waals surface area contributed by atoms with Crippen molar-refractivity contribution < 1.29 is 4.79 Å². The second-order valence-electron chi connectivity index (χ2n) is 4.14. The molecule has 0 aromatic heterocycles. The van der Waals surface area contributed by atoms with Gasteiger partial charge in [0.05, 0.1) is 0 Å². The van der Waals surface area contributed by atoms with Gasteiger partial charge in [-0.05, 0) is 37.1 Å². The molecule has 0 spiro atoms. The Morgan fingerprint density at radius 1 is 1.64 bits per heavy atom. The molecule has 0 aliphatic heterocycles. The maximum absolute atomic E-state index is 11.5. The molecule has 0 radical (unpaired) electrons. The summed E-state index contributed by atoms with van der Waals surface area (Å²) in [5, 5.41) is 3.47. The molecule has 0 aromatic rings. The van der Waals surface area contributed by atoms with Crippen molar-refractivity contribution in [3.63, 3.8) is 0 Å². The van der Waals surface area contributed by atoms with Gasteiger partial charge >= 0.3 is 0 Å². The first-order chi connectivity index (χ1) is 6.74. The van der Waals surface area contributed by atoms with E-state index < -0.39 is 0 Å². The van der Waals surface area contributed by atoms with Gasteiger partial charge in [-0.1, -0.05) is 12.0 Å². The summed E-state index contributed by atoms with van der Waals surface area (Å²) in [6.07, 6.45) is 4.55. The van der Waals surface area contributed by atoms with E-state index in [1.54, 1.807) is 0 Å². The Kier molecular flexibility index (Phi) is 4.47. The number of Topliss-reactive ketones (excluding diaryl/α,β-unsaturated/α-hetero) is 1. The van der Waals surface area contributed by atoms with Crippen molar-refractivity contribution in [2.75, 3.05) is 6.54 Å². The predicted molar refractivity (Wildman–Crippen MR) is 54.8 cm³/mol. The molecule has 2 unspecified atom stereocenters. The van der Waals surface area contributed by atoms with Crippen molar-refractivity contribution in [1.29, 1.82) is 0 Å². The highest BCUT2D eigenvalue weighted by atomic mass is 16.1. The number of carbonyl (C=O) groups excluding carboxylic acids is 1. The van der Waals surface area contributed by atoms with Crippen LogP contribution in [0.25, 0.3) is 10.4 Å². The Morgan fingerprint density at radius 2 is 2.43 bits per heavy atom. The lowest BCUT2D eigenvalue weighted by Crippen LogP contribution is -2.23. The highest BCUT2D eigenvalue weighted by Crippen LogP contribution is 2.28. The van der Waals surface area contributed by atoms with Gasteiger partial charge in [0, 0.05) is 23.8 Å². The quantitative estimate of drug-likeness (QED) is 0.294. The van der Waals surface area contributed by atoms with Crippen LogP contribution in [0.4, 0.5) is 0 Å².